The number of methoxy groups -OCH3 is 1. The van der Waals surface area contributed by atoms with E-state index in [1.165, 1.54) is 12.1 Å². The van der Waals surface area contributed by atoms with Gasteiger partial charge in [0, 0.05) is 26.8 Å². The first kappa shape index (κ1) is 17.9. The molecule has 5 heteroatoms. The Hall–Kier alpha value is -1.46. The third-order valence-electron chi connectivity index (χ3n) is 4.59. The van der Waals surface area contributed by atoms with Gasteiger partial charge in [-0.25, -0.2) is 4.39 Å². The molecule has 1 aliphatic rings. The first-order valence-electron chi connectivity index (χ1n) is 8.22. The van der Waals surface area contributed by atoms with E-state index in [2.05, 4.69) is 0 Å². The molecule has 0 N–H and O–H groups in total. The summed E-state index contributed by atoms with van der Waals surface area (Å²) in [6.07, 6.45) is 3.12. The number of piperidine rings is 1. The molecule has 23 heavy (non-hydrogen) atoms. The normalized spacial score (nSPS) is 17.5. The highest BCUT2D eigenvalue weighted by Gasteiger charge is 2.30. The molecule has 1 amide bonds. The number of rotatable bonds is 6. The first-order chi connectivity index (χ1) is 11.0. The molecule has 0 bridgehead atoms. The quantitative estimate of drug-likeness (QED) is 0.807. The van der Waals surface area contributed by atoms with Gasteiger partial charge in [-0.3, -0.25) is 9.69 Å². The summed E-state index contributed by atoms with van der Waals surface area (Å²) in [5, 5.41) is 0. The summed E-state index contributed by atoms with van der Waals surface area (Å²) < 4.78 is 18.3. The summed E-state index contributed by atoms with van der Waals surface area (Å²) in [5.41, 5.74) is 0.836. The van der Waals surface area contributed by atoms with Crippen molar-refractivity contribution in [2.75, 3.05) is 40.9 Å². The summed E-state index contributed by atoms with van der Waals surface area (Å²) in [5.74, 6) is 0.465. The third kappa shape index (κ3) is 4.75. The highest BCUT2D eigenvalue weighted by Crippen LogP contribution is 2.26. The molecule has 0 spiro atoms. The third-order valence-corrected chi connectivity index (χ3v) is 4.59. The largest absolute Gasteiger partial charge is 0.385 e. The van der Waals surface area contributed by atoms with Crippen LogP contribution in [0.1, 0.15) is 30.9 Å². The van der Waals surface area contributed by atoms with Crippen LogP contribution in [0.5, 0.6) is 0 Å². The van der Waals surface area contributed by atoms with E-state index in [9.17, 15) is 9.18 Å². The van der Waals surface area contributed by atoms with Crippen LogP contribution in [0.15, 0.2) is 24.3 Å². The Kier molecular flexibility index (Phi) is 6.54. The molecule has 0 saturated carbocycles. The van der Waals surface area contributed by atoms with Gasteiger partial charge in [0.15, 0.2) is 0 Å². The highest BCUT2D eigenvalue weighted by atomic mass is 19.1. The summed E-state index contributed by atoms with van der Waals surface area (Å²) >= 11 is 0. The van der Waals surface area contributed by atoms with E-state index in [-0.39, 0.29) is 17.8 Å². The second-order valence-electron chi connectivity index (χ2n) is 6.47. The van der Waals surface area contributed by atoms with Crippen molar-refractivity contribution in [2.45, 2.75) is 25.3 Å². The van der Waals surface area contributed by atoms with E-state index in [1.54, 1.807) is 19.2 Å². The maximum atomic E-state index is 13.1. The van der Waals surface area contributed by atoms with Gasteiger partial charge >= 0.3 is 0 Å². The highest BCUT2D eigenvalue weighted by molar-refractivity contribution is 5.83. The number of carbonyl (C=O) groups excluding carboxylic acids is 1. The zero-order valence-electron chi connectivity index (χ0n) is 14.3. The van der Waals surface area contributed by atoms with Crippen LogP contribution < -0.4 is 0 Å². The lowest BCUT2D eigenvalue weighted by molar-refractivity contribution is -0.137. The zero-order valence-corrected chi connectivity index (χ0v) is 14.3. The molecule has 1 aromatic carbocycles. The molecule has 0 aliphatic carbocycles. The minimum absolute atomic E-state index is 0.104. The van der Waals surface area contributed by atoms with Gasteiger partial charge in [0.05, 0.1) is 0 Å². The van der Waals surface area contributed by atoms with E-state index in [0.717, 1.165) is 44.5 Å². The van der Waals surface area contributed by atoms with Gasteiger partial charge in [-0.15, -0.1) is 0 Å². The van der Waals surface area contributed by atoms with Crippen LogP contribution in [0.3, 0.4) is 0 Å². The molecule has 1 fully saturated rings. The van der Waals surface area contributed by atoms with Crippen LogP contribution in [-0.4, -0.2) is 56.6 Å². The van der Waals surface area contributed by atoms with Gasteiger partial charge < -0.3 is 9.64 Å². The molecule has 4 nitrogen and oxygen atoms in total. The number of likely N-dealkylation sites (tertiary alicyclic amines) is 1. The van der Waals surface area contributed by atoms with E-state index in [4.69, 9.17) is 4.74 Å². The SMILES string of the molecule is COCCC1CCN(C(=O)C(c2ccc(F)cc2)N(C)C)CC1. The first-order valence-corrected chi connectivity index (χ1v) is 8.22. The number of hydrogen-bond acceptors (Lipinski definition) is 3. The van der Waals surface area contributed by atoms with Crippen LogP contribution in [0, 0.1) is 11.7 Å². The minimum atomic E-state index is -0.355. The lowest BCUT2D eigenvalue weighted by atomic mass is 9.93. The van der Waals surface area contributed by atoms with Crippen LogP contribution in [0.25, 0.3) is 0 Å². The summed E-state index contributed by atoms with van der Waals surface area (Å²) in [6, 6.07) is 5.87. The average molecular weight is 322 g/mol. The maximum Gasteiger partial charge on any atom is 0.244 e. The van der Waals surface area contributed by atoms with Crippen molar-refractivity contribution in [3.63, 3.8) is 0 Å². The van der Waals surface area contributed by atoms with E-state index < -0.39 is 0 Å². The van der Waals surface area contributed by atoms with Gasteiger partial charge in [-0.1, -0.05) is 12.1 Å². The van der Waals surface area contributed by atoms with Crippen molar-refractivity contribution in [3.05, 3.63) is 35.6 Å². The standard InChI is InChI=1S/C18H27FN2O2/c1-20(2)17(15-4-6-16(19)7-5-15)18(22)21-11-8-14(9-12-21)10-13-23-3/h4-7,14,17H,8-13H2,1-3H3. The average Bonchev–Trinajstić information content (AvgIpc) is 2.55. The molecule has 1 atom stereocenters. The van der Waals surface area contributed by atoms with Crippen molar-refractivity contribution in [3.8, 4) is 0 Å². The van der Waals surface area contributed by atoms with Gasteiger partial charge in [-0.2, -0.15) is 0 Å². The molecular formula is C18H27FN2O2. The lowest BCUT2D eigenvalue weighted by Crippen LogP contribution is -2.44. The fourth-order valence-electron chi connectivity index (χ4n) is 3.21. The van der Waals surface area contributed by atoms with Crippen molar-refractivity contribution < 1.29 is 13.9 Å². The number of hydrogen-bond donors (Lipinski definition) is 0. The number of carbonyl (C=O) groups is 1. The molecule has 0 aromatic heterocycles. The Morgan fingerprint density at radius 1 is 1.30 bits per heavy atom. The second kappa shape index (κ2) is 8.41. The van der Waals surface area contributed by atoms with Crippen molar-refractivity contribution in [2.24, 2.45) is 5.92 Å². The Morgan fingerprint density at radius 3 is 2.43 bits per heavy atom. The van der Waals surface area contributed by atoms with Gasteiger partial charge in [0.1, 0.15) is 11.9 Å². The molecular weight excluding hydrogens is 295 g/mol. The number of amides is 1. The lowest BCUT2D eigenvalue weighted by Gasteiger charge is -2.36. The second-order valence-corrected chi connectivity index (χ2v) is 6.47. The maximum absolute atomic E-state index is 13.1. The summed E-state index contributed by atoms with van der Waals surface area (Å²) in [6.45, 7) is 2.37. The van der Waals surface area contributed by atoms with Crippen LogP contribution >= 0.6 is 0 Å². The fraction of sp³-hybridized carbons (Fsp3) is 0.611. The van der Waals surface area contributed by atoms with E-state index in [0.29, 0.717) is 5.92 Å². The zero-order chi connectivity index (χ0) is 16.8. The van der Waals surface area contributed by atoms with Crippen LogP contribution in [-0.2, 0) is 9.53 Å². The molecule has 1 aliphatic heterocycles. The molecule has 1 aromatic rings. The monoisotopic (exact) mass is 322 g/mol. The molecule has 0 radical (unpaired) electrons. The Bertz CT molecular complexity index is 496. The topological polar surface area (TPSA) is 32.8 Å². The fourth-order valence-corrected chi connectivity index (χ4v) is 3.21. The number of nitrogens with zero attached hydrogens (tertiary/aromatic N) is 2. The smallest absolute Gasteiger partial charge is 0.244 e. The molecule has 128 valence electrons. The number of halogens is 1. The molecule has 1 saturated heterocycles. The number of ether oxygens (including phenoxy) is 1. The Labute approximate surface area is 138 Å². The predicted molar refractivity (Wildman–Crippen MR) is 88.6 cm³/mol. The summed E-state index contributed by atoms with van der Waals surface area (Å²) in [7, 11) is 5.50. The predicted octanol–water partition coefficient (Wildman–Crippen LogP) is 2.70. The molecule has 1 heterocycles. The van der Waals surface area contributed by atoms with Gasteiger partial charge in [-0.05, 0) is 57.0 Å². The van der Waals surface area contributed by atoms with E-state index in [1.807, 2.05) is 23.9 Å². The molecule has 2 rings (SSSR count). The Morgan fingerprint density at radius 2 is 1.91 bits per heavy atom. The van der Waals surface area contributed by atoms with Gasteiger partial charge in [0.2, 0.25) is 5.91 Å². The van der Waals surface area contributed by atoms with Gasteiger partial charge in [0.25, 0.3) is 0 Å². The van der Waals surface area contributed by atoms with Crippen LogP contribution in [0.4, 0.5) is 4.39 Å². The van der Waals surface area contributed by atoms with Crippen molar-refractivity contribution >= 4 is 5.91 Å². The number of benzene rings is 1. The van der Waals surface area contributed by atoms with Crippen molar-refractivity contribution in [1.29, 1.82) is 0 Å². The summed E-state index contributed by atoms with van der Waals surface area (Å²) in [4.78, 5) is 16.7. The van der Waals surface area contributed by atoms with E-state index >= 15 is 0 Å². The van der Waals surface area contributed by atoms with Crippen LogP contribution in [0.2, 0.25) is 0 Å². The number of likely N-dealkylation sites (N-methyl/N-ethyl adjacent to an activating group) is 1. The van der Waals surface area contributed by atoms with Crippen molar-refractivity contribution in [1.82, 2.24) is 9.80 Å². The Balaban J connectivity index is 2.01. The molecule has 1 unspecified atom stereocenters. The minimum Gasteiger partial charge on any atom is -0.385 e.